The summed E-state index contributed by atoms with van der Waals surface area (Å²) in [6.07, 6.45) is 1.63. The van der Waals surface area contributed by atoms with E-state index in [1.807, 2.05) is 60.7 Å². The van der Waals surface area contributed by atoms with Crippen molar-refractivity contribution in [3.05, 3.63) is 78.9 Å². The topological polar surface area (TPSA) is 18.5 Å². The van der Waals surface area contributed by atoms with Gasteiger partial charge in [0.2, 0.25) is 0 Å². The molecule has 2 nitrogen and oxygen atoms in total. The van der Waals surface area contributed by atoms with Crippen molar-refractivity contribution in [2.24, 2.45) is 0 Å². The van der Waals surface area contributed by atoms with Gasteiger partial charge in [0.05, 0.1) is 13.2 Å². The number of hydrogen-bond acceptors (Lipinski definition) is 2. The third-order valence-corrected chi connectivity index (χ3v) is 2.69. The summed E-state index contributed by atoms with van der Waals surface area (Å²) in [4.78, 5) is 0. The number of hydrogen-bond donors (Lipinski definition) is 0. The second kappa shape index (κ2) is 7.39. The molecule has 0 bridgehead atoms. The molecule has 0 aromatic heterocycles. The lowest BCUT2D eigenvalue weighted by Gasteiger charge is -2.15. The van der Waals surface area contributed by atoms with E-state index in [0.29, 0.717) is 13.2 Å². The molecule has 2 rings (SSSR count). The zero-order valence-electron chi connectivity index (χ0n) is 10.9. The third kappa shape index (κ3) is 4.60. The SMILES string of the molecule is C=C[C@@H](COCc1ccccc1)Oc1ccccc1. The van der Waals surface area contributed by atoms with Gasteiger partial charge in [-0.25, -0.2) is 0 Å². The van der Waals surface area contributed by atoms with Gasteiger partial charge in [0.25, 0.3) is 0 Å². The van der Waals surface area contributed by atoms with Crippen LogP contribution in [0.25, 0.3) is 0 Å². The molecule has 0 saturated heterocycles. The molecule has 0 amide bonds. The summed E-state index contributed by atoms with van der Waals surface area (Å²) < 4.78 is 11.4. The van der Waals surface area contributed by atoms with Gasteiger partial charge in [0, 0.05) is 0 Å². The first-order valence-electron chi connectivity index (χ1n) is 6.34. The molecular formula is C17H18O2. The van der Waals surface area contributed by atoms with Gasteiger partial charge >= 0.3 is 0 Å². The number of rotatable bonds is 7. The van der Waals surface area contributed by atoms with Crippen LogP contribution in [0.2, 0.25) is 0 Å². The van der Waals surface area contributed by atoms with Gasteiger partial charge in [-0.05, 0) is 23.8 Å². The normalized spacial score (nSPS) is 11.8. The van der Waals surface area contributed by atoms with Gasteiger partial charge in [-0.3, -0.25) is 0 Å². The Bertz CT molecular complexity index is 479. The Hall–Kier alpha value is -2.06. The van der Waals surface area contributed by atoms with Crippen molar-refractivity contribution in [3.8, 4) is 5.75 Å². The van der Waals surface area contributed by atoms with E-state index in [9.17, 15) is 0 Å². The van der Waals surface area contributed by atoms with Gasteiger partial charge in [-0.2, -0.15) is 0 Å². The van der Waals surface area contributed by atoms with Crippen LogP contribution in [0.15, 0.2) is 73.3 Å². The van der Waals surface area contributed by atoms with Crippen molar-refractivity contribution in [2.75, 3.05) is 6.61 Å². The Morgan fingerprint density at radius 3 is 2.21 bits per heavy atom. The van der Waals surface area contributed by atoms with Crippen LogP contribution in [-0.2, 0) is 11.3 Å². The fourth-order valence-corrected chi connectivity index (χ4v) is 1.69. The average molecular weight is 254 g/mol. The summed E-state index contributed by atoms with van der Waals surface area (Å²) in [5.41, 5.74) is 1.16. The monoisotopic (exact) mass is 254 g/mol. The molecule has 0 unspecified atom stereocenters. The fraction of sp³-hybridized carbons (Fsp3) is 0.176. The Balaban J connectivity index is 1.78. The molecule has 2 aromatic rings. The summed E-state index contributed by atoms with van der Waals surface area (Å²) in [5, 5.41) is 0. The van der Waals surface area contributed by atoms with Gasteiger partial charge in [0.15, 0.2) is 0 Å². The van der Waals surface area contributed by atoms with E-state index >= 15 is 0 Å². The maximum absolute atomic E-state index is 5.76. The summed E-state index contributed by atoms with van der Waals surface area (Å²) in [6, 6.07) is 19.8. The van der Waals surface area contributed by atoms with Crippen molar-refractivity contribution in [2.45, 2.75) is 12.7 Å². The minimum Gasteiger partial charge on any atom is -0.484 e. The van der Waals surface area contributed by atoms with Crippen LogP contribution in [0, 0.1) is 0 Å². The molecular weight excluding hydrogens is 236 g/mol. The average Bonchev–Trinajstić information content (AvgIpc) is 2.48. The van der Waals surface area contributed by atoms with Crippen LogP contribution >= 0.6 is 0 Å². The molecule has 2 aromatic carbocycles. The molecule has 98 valence electrons. The second-order valence-corrected chi connectivity index (χ2v) is 4.21. The molecule has 0 spiro atoms. The van der Waals surface area contributed by atoms with Crippen LogP contribution in [0.1, 0.15) is 5.56 Å². The van der Waals surface area contributed by atoms with Crippen LogP contribution < -0.4 is 4.74 Å². The zero-order chi connectivity index (χ0) is 13.3. The lowest BCUT2D eigenvalue weighted by Crippen LogP contribution is -2.20. The van der Waals surface area contributed by atoms with Gasteiger partial charge < -0.3 is 9.47 Å². The number of ether oxygens (including phenoxy) is 2. The van der Waals surface area contributed by atoms with E-state index in [4.69, 9.17) is 9.47 Å². The van der Waals surface area contributed by atoms with E-state index in [0.717, 1.165) is 11.3 Å². The largest absolute Gasteiger partial charge is 0.484 e. The molecule has 0 aliphatic rings. The highest BCUT2D eigenvalue weighted by molar-refractivity contribution is 5.21. The molecule has 1 atom stereocenters. The standard InChI is InChI=1S/C17H18O2/c1-2-16(19-17-11-7-4-8-12-17)14-18-13-15-9-5-3-6-10-15/h2-12,16H,1,13-14H2/t16-/m0/s1. The number of para-hydroxylation sites is 1. The van der Waals surface area contributed by atoms with E-state index < -0.39 is 0 Å². The molecule has 0 fully saturated rings. The summed E-state index contributed by atoms with van der Waals surface area (Å²) in [5.74, 6) is 0.829. The molecule has 0 radical (unpaired) electrons. The molecule has 0 aliphatic carbocycles. The summed E-state index contributed by atoms with van der Waals surface area (Å²) in [6.45, 7) is 4.86. The molecule has 0 saturated carbocycles. The molecule has 0 heterocycles. The minimum atomic E-state index is -0.133. The predicted octanol–water partition coefficient (Wildman–Crippen LogP) is 3.84. The van der Waals surface area contributed by atoms with Crippen molar-refractivity contribution in [3.63, 3.8) is 0 Å². The molecule has 0 aliphatic heterocycles. The third-order valence-electron chi connectivity index (χ3n) is 2.69. The lowest BCUT2D eigenvalue weighted by molar-refractivity contribution is 0.0610. The van der Waals surface area contributed by atoms with Gasteiger partial charge in [-0.15, -0.1) is 0 Å². The van der Waals surface area contributed by atoms with E-state index in [2.05, 4.69) is 6.58 Å². The highest BCUT2D eigenvalue weighted by Gasteiger charge is 2.06. The first-order valence-corrected chi connectivity index (χ1v) is 6.34. The molecule has 19 heavy (non-hydrogen) atoms. The quantitative estimate of drug-likeness (QED) is 0.699. The van der Waals surface area contributed by atoms with Crippen LogP contribution in [0.4, 0.5) is 0 Å². The van der Waals surface area contributed by atoms with Crippen LogP contribution in [0.5, 0.6) is 5.75 Å². The predicted molar refractivity (Wildman–Crippen MR) is 77.2 cm³/mol. The Labute approximate surface area is 114 Å². The van der Waals surface area contributed by atoms with Crippen LogP contribution in [0.3, 0.4) is 0 Å². The first kappa shape index (κ1) is 13.4. The van der Waals surface area contributed by atoms with Gasteiger partial charge in [0.1, 0.15) is 11.9 Å². The summed E-state index contributed by atoms with van der Waals surface area (Å²) in [7, 11) is 0. The highest BCUT2D eigenvalue weighted by atomic mass is 16.5. The van der Waals surface area contributed by atoms with E-state index in [1.165, 1.54) is 0 Å². The summed E-state index contributed by atoms with van der Waals surface area (Å²) >= 11 is 0. The van der Waals surface area contributed by atoms with Gasteiger partial charge in [-0.1, -0.05) is 55.1 Å². The Morgan fingerprint density at radius 1 is 0.947 bits per heavy atom. The fourth-order valence-electron chi connectivity index (χ4n) is 1.69. The Kier molecular flexibility index (Phi) is 5.20. The van der Waals surface area contributed by atoms with Crippen molar-refractivity contribution in [1.29, 1.82) is 0 Å². The van der Waals surface area contributed by atoms with Crippen LogP contribution in [-0.4, -0.2) is 12.7 Å². The highest BCUT2D eigenvalue weighted by Crippen LogP contribution is 2.12. The zero-order valence-corrected chi connectivity index (χ0v) is 10.9. The van der Waals surface area contributed by atoms with Crippen molar-refractivity contribution in [1.82, 2.24) is 0 Å². The van der Waals surface area contributed by atoms with E-state index in [-0.39, 0.29) is 6.10 Å². The smallest absolute Gasteiger partial charge is 0.140 e. The Morgan fingerprint density at radius 2 is 1.58 bits per heavy atom. The molecule has 2 heteroatoms. The first-order chi connectivity index (χ1) is 9.38. The van der Waals surface area contributed by atoms with Crippen molar-refractivity contribution < 1.29 is 9.47 Å². The number of benzene rings is 2. The lowest BCUT2D eigenvalue weighted by atomic mass is 10.2. The minimum absolute atomic E-state index is 0.133. The van der Waals surface area contributed by atoms with Crippen molar-refractivity contribution >= 4 is 0 Å². The maximum atomic E-state index is 5.76. The molecule has 0 N–H and O–H groups in total. The maximum Gasteiger partial charge on any atom is 0.140 e. The van der Waals surface area contributed by atoms with E-state index in [1.54, 1.807) is 6.08 Å². The second-order valence-electron chi connectivity index (χ2n) is 4.21.